The molecule has 0 fully saturated rings. The molecule has 6 heteroatoms. The molecule has 1 N–H and O–H groups in total. The first-order valence-electron chi connectivity index (χ1n) is 5.98. The Hall–Kier alpha value is -1.43. The van der Waals surface area contributed by atoms with Crippen LogP contribution in [-0.2, 0) is 0 Å². The Morgan fingerprint density at radius 2 is 2.00 bits per heavy atom. The number of nitrogens with one attached hydrogen (secondary N) is 1. The molecule has 0 amide bonds. The number of benzene rings is 1. The lowest BCUT2D eigenvalue weighted by atomic mass is 10.1. The van der Waals surface area contributed by atoms with Gasteiger partial charge in [-0.25, -0.2) is 0 Å². The van der Waals surface area contributed by atoms with Crippen LogP contribution in [-0.4, -0.2) is 26.4 Å². The molecule has 0 bridgehead atoms. The third-order valence-electron chi connectivity index (χ3n) is 2.59. The van der Waals surface area contributed by atoms with Crippen LogP contribution in [0.5, 0.6) is 11.5 Å². The monoisotopic (exact) mass is 277 g/mol. The second kappa shape index (κ2) is 6.65. The van der Waals surface area contributed by atoms with Crippen LogP contribution < -0.4 is 14.8 Å². The molecule has 1 unspecified atom stereocenters. The first-order chi connectivity index (χ1) is 8.87. The van der Waals surface area contributed by atoms with Crippen molar-refractivity contribution in [2.45, 2.75) is 26.1 Å². The van der Waals surface area contributed by atoms with E-state index in [-0.39, 0.29) is 11.8 Å². The summed E-state index contributed by atoms with van der Waals surface area (Å²) < 4.78 is 46.6. The van der Waals surface area contributed by atoms with Gasteiger partial charge in [-0.2, -0.15) is 13.2 Å². The van der Waals surface area contributed by atoms with Gasteiger partial charge < -0.3 is 14.8 Å². The Balaban J connectivity index is 2.95. The molecule has 1 atom stereocenters. The van der Waals surface area contributed by atoms with Crippen molar-refractivity contribution in [3.63, 3.8) is 0 Å². The van der Waals surface area contributed by atoms with E-state index >= 15 is 0 Å². The van der Waals surface area contributed by atoms with E-state index in [0.717, 1.165) is 0 Å². The maximum absolute atomic E-state index is 12.2. The van der Waals surface area contributed by atoms with E-state index in [4.69, 9.17) is 9.47 Å². The standard InChI is InChI=1S/C13H18F3NO2/c1-4-17-9(2)11-6-5-10(18-3)7-12(11)19-8-13(14,15)16/h5-7,9,17H,4,8H2,1-3H3. The summed E-state index contributed by atoms with van der Waals surface area (Å²) in [5, 5.41) is 3.13. The summed E-state index contributed by atoms with van der Waals surface area (Å²) in [6.45, 7) is 3.19. The predicted octanol–water partition coefficient (Wildman–Crippen LogP) is 3.31. The molecule has 1 aromatic carbocycles. The quantitative estimate of drug-likeness (QED) is 0.865. The van der Waals surface area contributed by atoms with Gasteiger partial charge in [0, 0.05) is 17.7 Å². The van der Waals surface area contributed by atoms with Gasteiger partial charge in [-0.1, -0.05) is 13.0 Å². The minimum atomic E-state index is -4.36. The zero-order valence-electron chi connectivity index (χ0n) is 11.2. The summed E-state index contributed by atoms with van der Waals surface area (Å²) in [5.74, 6) is 0.648. The summed E-state index contributed by atoms with van der Waals surface area (Å²) in [6, 6.07) is 4.77. The lowest BCUT2D eigenvalue weighted by molar-refractivity contribution is -0.153. The molecule has 0 aliphatic heterocycles. The fourth-order valence-electron chi connectivity index (χ4n) is 1.70. The Bertz CT molecular complexity index is 407. The molecular weight excluding hydrogens is 259 g/mol. The Kier molecular flexibility index (Phi) is 5.47. The van der Waals surface area contributed by atoms with Crippen LogP contribution >= 0.6 is 0 Å². The molecular formula is C13H18F3NO2. The molecule has 19 heavy (non-hydrogen) atoms. The van der Waals surface area contributed by atoms with E-state index in [0.29, 0.717) is 17.9 Å². The molecule has 1 rings (SSSR count). The third-order valence-corrected chi connectivity index (χ3v) is 2.59. The van der Waals surface area contributed by atoms with Crippen LogP contribution in [0.1, 0.15) is 25.5 Å². The van der Waals surface area contributed by atoms with Crippen molar-refractivity contribution in [1.29, 1.82) is 0 Å². The summed E-state index contributed by atoms with van der Waals surface area (Å²) in [6.07, 6.45) is -4.36. The summed E-state index contributed by atoms with van der Waals surface area (Å²) in [4.78, 5) is 0. The van der Waals surface area contributed by atoms with Crippen LogP contribution in [0.3, 0.4) is 0 Å². The van der Waals surface area contributed by atoms with E-state index in [1.54, 1.807) is 12.1 Å². The van der Waals surface area contributed by atoms with E-state index in [1.807, 2.05) is 13.8 Å². The molecule has 108 valence electrons. The van der Waals surface area contributed by atoms with Crippen molar-refractivity contribution < 1.29 is 22.6 Å². The number of methoxy groups -OCH3 is 1. The van der Waals surface area contributed by atoms with Crippen molar-refractivity contribution in [3.05, 3.63) is 23.8 Å². The van der Waals surface area contributed by atoms with Crippen molar-refractivity contribution in [3.8, 4) is 11.5 Å². The van der Waals surface area contributed by atoms with Crippen molar-refractivity contribution in [2.75, 3.05) is 20.3 Å². The Morgan fingerprint density at radius 1 is 1.32 bits per heavy atom. The molecule has 0 aliphatic rings. The van der Waals surface area contributed by atoms with E-state index < -0.39 is 12.8 Å². The maximum atomic E-state index is 12.2. The summed E-state index contributed by atoms with van der Waals surface area (Å²) in [5.41, 5.74) is 0.673. The van der Waals surface area contributed by atoms with Crippen LogP contribution in [0, 0.1) is 0 Å². The van der Waals surface area contributed by atoms with Gasteiger partial charge >= 0.3 is 6.18 Å². The van der Waals surface area contributed by atoms with E-state index in [1.165, 1.54) is 13.2 Å². The predicted molar refractivity (Wildman–Crippen MR) is 66.6 cm³/mol. The normalized spacial score (nSPS) is 13.2. The van der Waals surface area contributed by atoms with E-state index in [9.17, 15) is 13.2 Å². The van der Waals surface area contributed by atoms with Gasteiger partial charge in [-0.3, -0.25) is 0 Å². The maximum Gasteiger partial charge on any atom is 0.422 e. The molecule has 0 saturated heterocycles. The smallest absolute Gasteiger partial charge is 0.422 e. The number of ether oxygens (including phenoxy) is 2. The average molecular weight is 277 g/mol. The van der Waals surface area contributed by atoms with E-state index in [2.05, 4.69) is 5.32 Å². The second-order valence-corrected chi connectivity index (χ2v) is 4.09. The molecule has 1 aromatic rings. The first-order valence-corrected chi connectivity index (χ1v) is 5.98. The fraction of sp³-hybridized carbons (Fsp3) is 0.538. The van der Waals surface area contributed by atoms with Gasteiger partial charge in [0.05, 0.1) is 7.11 Å². The van der Waals surface area contributed by atoms with Gasteiger partial charge in [0.15, 0.2) is 6.61 Å². The number of hydrogen-bond acceptors (Lipinski definition) is 3. The van der Waals surface area contributed by atoms with Crippen LogP contribution in [0.4, 0.5) is 13.2 Å². The van der Waals surface area contributed by atoms with Gasteiger partial charge in [0.25, 0.3) is 0 Å². The van der Waals surface area contributed by atoms with Gasteiger partial charge in [0.2, 0.25) is 0 Å². The summed E-state index contributed by atoms with van der Waals surface area (Å²) >= 11 is 0. The lowest BCUT2D eigenvalue weighted by Crippen LogP contribution is -2.22. The number of hydrogen-bond donors (Lipinski definition) is 1. The number of halogens is 3. The van der Waals surface area contributed by atoms with Gasteiger partial charge in [0.1, 0.15) is 11.5 Å². The topological polar surface area (TPSA) is 30.5 Å². The zero-order chi connectivity index (χ0) is 14.5. The summed E-state index contributed by atoms with van der Waals surface area (Å²) in [7, 11) is 1.45. The third kappa shape index (κ3) is 4.98. The van der Waals surface area contributed by atoms with Crippen LogP contribution in [0.2, 0.25) is 0 Å². The Labute approximate surface area is 110 Å². The molecule has 0 spiro atoms. The zero-order valence-corrected chi connectivity index (χ0v) is 11.2. The van der Waals surface area contributed by atoms with Gasteiger partial charge in [-0.05, 0) is 19.5 Å². The highest BCUT2D eigenvalue weighted by Crippen LogP contribution is 2.30. The molecule has 0 aromatic heterocycles. The molecule has 0 aliphatic carbocycles. The molecule has 0 radical (unpaired) electrons. The molecule has 3 nitrogen and oxygen atoms in total. The molecule has 0 heterocycles. The second-order valence-electron chi connectivity index (χ2n) is 4.09. The largest absolute Gasteiger partial charge is 0.497 e. The minimum Gasteiger partial charge on any atom is -0.497 e. The number of alkyl halides is 3. The van der Waals surface area contributed by atoms with Crippen molar-refractivity contribution in [2.24, 2.45) is 0 Å². The van der Waals surface area contributed by atoms with Crippen LogP contribution in [0.25, 0.3) is 0 Å². The average Bonchev–Trinajstić information content (AvgIpc) is 2.35. The highest BCUT2D eigenvalue weighted by atomic mass is 19.4. The fourth-order valence-corrected chi connectivity index (χ4v) is 1.70. The minimum absolute atomic E-state index is 0.0980. The van der Waals surface area contributed by atoms with Crippen LogP contribution in [0.15, 0.2) is 18.2 Å². The van der Waals surface area contributed by atoms with Crippen molar-refractivity contribution in [1.82, 2.24) is 5.32 Å². The van der Waals surface area contributed by atoms with Gasteiger partial charge in [-0.15, -0.1) is 0 Å². The Morgan fingerprint density at radius 3 is 2.53 bits per heavy atom. The molecule has 0 saturated carbocycles. The first kappa shape index (κ1) is 15.6. The highest BCUT2D eigenvalue weighted by molar-refractivity contribution is 5.42. The SMILES string of the molecule is CCNC(C)c1ccc(OC)cc1OCC(F)(F)F. The highest BCUT2D eigenvalue weighted by Gasteiger charge is 2.29. The lowest BCUT2D eigenvalue weighted by Gasteiger charge is -2.19. The number of rotatable bonds is 6. The van der Waals surface area contributed by atoms with Crippen molar-refractivity contribution >= 4 is 0 Å².